The maximum Gasteiger partial charge on any atom is 0.278 e. The monoisotopic (exact) mass is 244 g/mol. The maximum atomic E-state index is 12.1. The number of nitrogens with zero attached hydrogens (tertiary/aromatic N) is 2. The van der Waals surface area contributed by atoms with Gasteiger partial charge in [-0.2, -0.15) is 0 Å². The Hall–Kier alpha value is -2.21. The summed E-state index contributed by atoms with van der Waals surface area (Å²) in [6, 6.07) is 3.53. The van der Waals surface area contributed by atoms with Crippen LogP contribution in [0.3, 0.4) is 0 Å². The minimum Gasteiger partial charge on any atom is -0.360 e. The number of carbonyl (C=O) groups is 1. The fourth-order valence-electron chi connectivity index (χ4n) is 1.94. The van der Waals surface area contributed by atoms with E-state index in [0.717, 1.165) is 24.3 Å². The Morgan fingerprint density at radius 1 is 1.50 bits per heavy atom. The van der Waals surface area contributed by atoms with Crippen molar-refractivity contribution in [1.82, 2.24) is 15.5 Å². The fraction of sp³-hybridized carbons (Fsp3) is 0.250. The van der Waals surface area contributed by atoms with Crippen LogP contribution in [0.4, 0.5) is 5.69 Å². The Morgan fingerprint density at radius 2 is 2.44 bits per heavy atom. The molecular weight excluding hydrogens is 232 g/mol. The molecule has 0 fully saturated rings. The van der Waals surface area contributed by atoms with Crippen molar-refractivity contribution in [2.24, 2.45) is 0 Å². The molecule has 0 aliphatic carbocycles. The summed E-state index contributed by atoms with van der Waals surface area (Å²) >= 11 is 0. The van der Waals surface area contributed by atoms with Gasteiger partial charge in [0.05, 0.1) is 11.9 Å². The molecule has 0 radical (unpaired) electrons. The Balaban J connectivity index is 1.83. The molecule has 18 heavy (non-hydrogen) atoms. The molecule has 0 saturated carbocycles. The molecule has 2 aromatic rings. The molecule has 1 aliphatic heterocycles. The average Bonchev–Trinajstić information content (AvgIpc) is 2.84. The average molecular weight is 244 g/mol. The molecule has 1 aliphatic rings. The standard InChI is InChI=1S/C12H12N4O2/c17-12(15-8-2-1-4-13-6-8)11-9-7-14-5-3-10(9)18-16-11/h1-2,4,6,14H,3,5,7H2,(H,15,17). The molecule has 0 atom stereocenters. The van der Waals surface area contributed by atoms with Gasteiger partial charge in [-0.3, -0.25) is 9.78 Å². The zero-order chi connectivity index (χ0) is 12.4. The van der Waals surface area contributed by atoms with Gasteiger partial charge in [0.2, 0.25) is 0 Å². The van der Waals surface area contributed by atoms with Crippen molar-refractivity contribution < 1.29 is 9.32 Å². The minimum absolute atomic E-state index is 0.267. The lowest BCUT2D eigenvalue weighted by Gasteiger charge is -2.10. The number of aromatic nitrogens is 2. The number of pyridine rings is 1. The van der Waals surface area contributed by atoms with Crippen LogP contribution in [0.2, 0.25) is 0 Å². The Morgan fingerprint density at radius 3 is 3.28 bits per heavy atom. The van der Waals surface area contributed by atoms with Crippen LogP contribution in [0.1, 0.15) is 21.8 Å². The van der Waals surface area contributed by atoms with Crippen molar-refractivity contribution in [3.8, 4) is 0 Å². The fourth-order valence-corrected chi connectivity index (χ4v) is 1.94. The van der Waals surface area contributed by atoms with E-state index in [1.54, 1.807) is 24.5 Å². The third kappa shape index (κ3) is 1.98. The SMILES string of the molecule is O=C(Nc1cccnc1)c1noc2c1CNCC2. The van der Waals surface area contributed by atoms with E-state index in [9.17, 15) is 4.79 Å². The smallest absolute Gasteiger partial charge is 0.278 e. The number of nitrogens with one attached hydrogen (secondary N) is 2. The number of carbonyl (C=O) groups excluding carboxylic acids is 1. The van der Waals surface area contributed by atoms with Crippen molar-refractivity contribution in [2.45, 2.75) is 13.0 Å². The highest BCUT2D eigenvalue weighted by molar-refractivity contribution is 6.03. The highest BCUT2D eigenvalue weighted by Crippen LogP contribution is 2.18. The van der Waals surface area contributed by atoms with E-state index in [1.165, 1.54) is 0 Å². The van der Waals surface area contributed by atoms with Gasteiger partial charge < -0.3 is 15.2 Å². The van der Waals surface area contributed by atoms with Gasteiger partial charge >= 0.3 is 0 Å². The molecule has 6 nitrogen and oxygen atoms in total. The zero-order valence-corrected chi connectivity index (χ0v) is 9.64. The van der Waals surface area contributed by atoms with Gasteiger partial charge in [0, 0.05) is 31.3 Å². The molecule has 2 aromatic heterocycles. The number of anilines is 1. The summed E-state index contributed by atoms with van der Waals surface area (Å²) in [6.45, 7) is 1.47. The molecule has 0 saturated heterocycles. The van der Waals surface area contributed by atoms with E-state index >= 15 is 0 Å². The first-order chi connectivity index (χ1) is 8.84. The largest absolute Gasteiger partial charge is 0.360 e. The van der Waals surface area contributed by atoms with Gasteiger partial charge in [0.15, 0.2) is 5.69 Å². The first-order valence-electron chi connectivity index (χ1n) is 5.74. The van der Waals surface area contributed by atoms with Gasteiger partial charge in [0.1, 0.15) is 5.76 Å². The van der Waals surface area contributed by atoms with E-state index in [1.807, 2.05) is 0 Å². The van der Waals surface area contributed by atoms with Crippen LogP contribution in [0, 0.1) is 0 Å². The van der Waals surface area contributed by atoms with Crippen molar-refractivity contribution in [2.75, 3.05) is 11.9 Å². The number of rotatable bonds is 2. The molecule has 2 N–H and O–H groups in total. The summed E-state index contributed by atoms with van der Waals surface area (Å²) in [4.78, 5) is 16.0. The van der Waals surface area contributed by atoms with Crippen LogP contribution in [0.15, 0.2) is 29.0 Å². The summed E-state index contributed by atoms with van der Waals surface area (Å²) in [7, 11) is 0. The molecule has 0 bridgehead atoms. The van der Waals surface area contributed by atoms with E-state index < -0.39 is 0 Å². The van der Waals surface area contributed by atoms with E-state index in [4.69, 9.17) is 4.52 Å². The first-order valence-corrected chi connectivity index (χ1v) is 5.74. The minimum atomic E-state index is -0.267. The Kier molecular flexibility index (Phi) is 2.77. The summed E-state index contributed by atoms with van der Waals surface area (Å²) in [5.41, 5.74) is 1.84. The summed E-state index contributed by atoms with van der Waals surface area (Å²) < 4.78 is 5.18. The molecule has 1 amide bonds. The number of amides is 1. The maximum absolute atomic E-state index is 12.1. The van der Waals surface area contributed by atoms with E-state index in [2.05, 4.69) is 20.8 Å². The van der Waals surface area contributed by atoms with Crippen LogP contribution >= 0.6 is 0 Å². The van der Waals surface area contributed by atoms with Crippen LogP contribution in [-0.4, -0.2) is 22.6 Å². The van der Waals surface area contributed by atoms with Gasteiger partial charge in [-0.25, -0.2) is 0 Å². The Bertz CT molecular complexity index is 565. The third-order valence-corrected chi connectivity index (χ3v) is 2.83. The predicted molar refractivity (Wildman–Crippen MR) is 64.1 cm³/mol. The Labute approximate surface area is 103 Å². The quantitative estimate of drug-likeness (QED) is 0.822. The topological polar surface area (TPSA) is 80.1 Å². The van der Waals surface area contributed by atoms with Crippen LogP contribution in [0.5, 0.6) is 0 Å². The lowest BCUT2D eigenvalue weighted by atomic mass is 10.1. The van der Waals surface area contributed by atoms with Gasteiger partial charge in [-0.05, 0) is 12.1 Å². The third-order valence-electron chi connectivity index (χ3n) is 2.83. The highest BCUT2D eigenvalue weighted by Gasteiger charge is 2.23. The van der Waals surface area contributed by atoms with Crippen molar-refractivity contribution in [3.63, 3.8) is 0 Å². The summed E-state index contributed by atoms with van der Waals surface area (Å²) in [5, 5.41) is 9.78. The number of hydrogen-bond acceptors (Lipinski definition) is 5. The zero-order valence-electron chi connectivity index (χ0n) is 9.64. The summed E-state index contributed by atoms with van der Waals surface area (Å²) in [6.07, 6.45) is 4.00. The van der Waals surface area contributed by atoms with Crippen molar-refractivity contribution >= 4 is 11.6 Å². The van der Waals surface area contributed by atoms with Crippen LogP contribution in [0.25, 0.3) is 0 Å². The van der Waals surface area contributed by atoms with Crippen molar-refractivity contribution in [1.29, 1.82) is 0 Å². The lowest BCUT2D eigenvalue weighted by Crippen LogP contribution is -2.25. The molecule has 0 unspecified atom stereocenters. The van der Waals surface area contributed by atoms with Crippen LogP contribution in [-0.2, 0) is 13.0 Å². The number of hydrogen-bond donors (Lipinski definition) is 2. The highest BCUT2D eigenvalue weighted by atomic mass is 16.5. The first kappa shape index (κ1) is 10.9. The second kappa shape index (κ2) is 4.58. The van der Waals surface area contributed by atoms with Gasteiger partial charge in [0.25, 0.3) is 5.91 Å². The predicted octanol–water partition coefficient (Wildman–Crippen LogP) is 0.968. The molecule has 0 spiro atoms. The molecule has 3 rings (SSSR count). The molecule has 0 aromatic carbocycles. The normalized spacial score (nSPS) is 14.0. The van der Waals surface area contributed by atoms with E-state index in [0.29, 0.717) is 17.9 Å². The van der Waals surface area contributed by atoms with Gasteiger partial charge in [-0.1, -0.05) is 5.16 Å². The lowest BCUT2D eigenvalue weighted by molar-refractivity contribution is 0.101. The molecule has 3 heterocycles. The molecular formula is C12H12N4O2. The molecule has 6 heteroatoms. The second-order valence-corrected chi connectivity index (χ2v) is 4.06. The summed E-state index contributed by atoms with van der Waals surface area (Å²) in [5.74, 6) is 0.529. The van der Waals surface area contributed by atoms with Crippen molar-refractivity contribution in [3.05, 3.63) is 41.5 Å². The van der Waals surface area contributed by atoms with Crippen LogP contribution < -0.4 is 10.6 Å². The van der Waals surface area contributed by atoms with E-state index in [-0.39, 0.29) is 5.91 Å². The number of fused-ring (bicyclic) bond motifs is 1. The molecule has 92 valence electrons. The van der Waals surface area contributed by atoms with Gasteiger partial charge in [-0.15, -0.1) is 0 Å². The second-order valence-electron chi connectivity index (χ2n) is 4.06.